The molecule has 0 saturated carbocycles. The first kappa shape index (κ1) is 19.7. The predicted octanol–water partition coefficient (Wildman–Crippen LogP) is 4.90. The molecule has 1 unspecified atom stereocenters. The van der Waals surface area contributed by atoms with E-state index in [1.54, 1.807) is 6.92 Å². The number of rotatable bonds is 6. The molecule has 0 bridgehead atoms. The van der Waals surface area contributed by atoms with Crippen LogP contribution in [-0.2, 0) is 11.3 Å². The summed E-state index contributed by atoms with van der Waals surface area (Å²) >= 11 is 3.55. The zero-order valence-corrected chi connectivity index (χ0v) is 15.6. The van der Waals surface area contributed by atoms with Crippen molar-refractivity contribution in [2.45, 2.75) is 26.4 Å². The van der Waals surface area contributed by atoms with Crippen molar-refractivity contribution < 1.29 is 9.53 Å². The topological polar surface area (TPSA) is 38.3 Å². The van der Waals surface area contributed by atoms with Gasteiger partial charge in [-0.1, -0.05) is 46.3 Å². The number of carbonyl (C=O) groups excluding carboxylic acids is 1. The van der Waals surface area contributed by atoms with Gasteiger partial charge in [-0.05, 0) is 43.2 Å². The van der Waals surface area contributed by atoms with Crippen LogP contribution in [0.2, 0.25) is 0 Å². The lowest BCUT2D eigenvalue weighted by Gasteiger charge is -2.15. The van der Waals surface area contributed by atoms with Gasteiger partial charge in [-0.25, -0.2) is 4.79 Å². The molecule has 1 atom stereocenters. The monoisotopic (exact) mass is 397 g/mol. The largest absolute Gasteiger partial charge is 0.462 e. The summed E-state index contributed by atoms with van der Waals surface area (Å²) in [5.41, 5.74) is 2.95. The molecule has 23 heavy (non-hydrogen) atoms. The summed E-state index contributed by atoms with van der Waals surface area (Å²) in [5, 5.41) is 3.48. The number of halogens is 2. The zero-order chi connectivity index (χ0) is 15.9. The maximum absolute atomic E-state index is 11.6. The maximum atomic E-state index is 11.6. The second kappa shape index (κ2) is 9.71. The van der Waals surface area contributed by atoms with Crippen LogP contribution in [0.5, 0.6) is 0 Å². The van der Waals surface area contributed by atoms with E-state index in [0.29, 0.717) is 12.2 Å². The van der Waals surface area contributed by atoms with Crippen molar-refractivity contribution in [1.29, 1.82) is 0 Å². The van der Waals surface area contributed by atoms with Crippen LogP contribution >= 0.6 is 28.3 Å². The summed E-state index contributed by atoms with van der Waals surface area (Å²) in [4.78, 5) is 11.6. The summed E-state index contributed by atoms with van der Waals surface area (Å²) in [6, 6.07) is 15.9. The van der Waals surface area contributed by atoms with Crippen molar-refractivity contribution in [1.82, 2.24) is 5.32 Å². The number of ether oxygens (including phenoxy) is 1. The van der Waals surface area contributed by atoms with Gasteiger partial charge < -0.3 is 10.1 Å². The first-order chi connectivity index (χ1) is 10.6. The van der Waals surface area contributed by atoms with Crippen molar-refractivity contribution in [3.05, 3.63) is 69.7 Å². The lowest BCUT2D eigenvalue weighted by molar-refractivity contribution is 0.0526. The van der Waals surface area contributed by atoms with Crippen molar-refractivity contribution in [3.63, 3.8) is 0 Å². The summed E-state index contributed by atoms with van der Waals surface area (Å²) in [6.07, 6.45) is 0. The van der Waals surface area contributed by atoms with Gasteiger partial charge in [-0.3, -0.25) is 0 Å². The second-order valence-corrected chi connectivity index (χ2v) is 5.89. The van der Waals surface area contributed by atoms with Crippen molar-refractivity contribution in [2.75, 3.05) is 6.61 Å². The van der Waals surface area contributed by atoms with E-state index in [1.807, 2.05) is 42.5 Å². The highest BCUT2D eigenvalue weighted by molar-refractivity contribution is 9.10. The van der Waals surface area contributed by atoms with E-state index >= 15 is 0 Å². The fraction of sp³-hybridized carbons (Fsp3) is 0.278. The molecule has 0 aromatic heterocycles. The van der Waals surface area contributed by atoms with E-state index in [1.165, 1.54) is 5.56 Å². The molecule has 5 heteroatoms. The summed E-state index contributed by atoms with van der Waals surface area (Å²) in [7, 11) is 0. The molecule has 0 aliphatic carbocycles. The molecule has 0 heterocycles. The summed E-state index contributed by atoms with van der Waals surface area (Å²) < 4.78 is 6.09. The third kappa shape index (κ3) is 5.65. The molecule has 3 nitrogen and oxygen atoms in total. The molecule has 0 fully saturated rings. The standard InChI is InChI=1S/C18H20BrNO2.ClH/c1-3-22-18(21)15-10-8-14(9-11-15)13(2)20-12-16-6-4-5-7-17(16)19;/h4-11,13,20H,3,12H2,1-2H3;1H. The van der Waals surface area contributed by atoms with E-state index < -0.39 is 0 Å². The van der Waals surface area contributed by atoms with Gasteiger partial charge in [0.05, 0.1) is 12.2 Å². The number of hydrogen-bond acceptors (Lipinski definition) is 3. The zero-order valence-electron chi connectivity index (χ0n) is 13.2. The van der Waals surface area contributed by atoms with Crippen LogP contribution in [0.3, 0.4) is 0 Å². The van der Waals surface area contributed by atoms with Crippen LogP contribution in [0, 0.1) is 0 Å². The fourth-order valence-electron chi connectivity index (χ4n) is 2.14. The molecule has 0 aliphatic rings. The normalized spacial score (nSPS) is 11.4. The highest BCUT2D eigenvalue weighted by atomic mass is 79.9. The summed E-state index contributed by atoms with van der Waals surface area (Å²) in [6.45, 7) is 5.09. The molecule has 2 aromatic carbocycles. The van der Waals surface area contributed by atoms with Gasteiger partial charge in [0.25, 0.3) is 0 Å². The number of hydrogen-bond donors (Lipinski definition) is 1. The van der Waals surface area contributed by atoms with Gasteiger partial charge in [-0.2, -0.15) is 0 Å². The van der Waals surface area contributed by atoms with Gasteiger partial charge in [0.2, 0.25) is 0 Å². The maximum Gasteiger partial charge on any atom is 0.338 e. The van der Waals surface area contributed by atoms with Crippen LogP contribution in [0.15, 0.2) is 53.0 Å². The number of esters is 1. The molecule has 2 rings (SSSR count). The Morgan fingerprint density at radius 3 is 2.43 bits per heavy atom. The first-order valence-corrected chi connectivity index (χ1v) is 8.15. The van der Waals surface area contributed by atoms with Crippen LogP contribution in [0.4, 0.5) is 0 Å². The third-order valence-corrected chi connectivity index (χ3v) is 4.25. The Balaban J connectivity index is 0.00000264. The minimum Gasteiger partial charge on any atom is -0.462 e. The SMILES string of the molecule is CCOC(=O)c1ccc(C(C)NCc2ccccc2Br)cc1.Cl. The van der Waals surface area contributed by atoms with Crippen LogP contribution in [0.25, 0.3) is 0 Å². The molecular weight excluding hydrogens is 378 g/mol. The van der Waals surface area contributed by atoms with Crippen molar-refractivity contribution in [2.24, 2.45) is 0 Å². The lowest BCUT2D eigenvalue weighted by atomic mass is 10.1. The van der Waals surface area contributed by atoms with Gasteiger partial charge in [-0.15, -0.1) is 12.4 Å². The van der Waals surface area contributed by atoms with E-state index in [-0.39, 0.29) is 24.4 Å². The minimum atomic E-state index is -0.275. The van der Waals surface area contributed by atoms with Gasteiger partial charge in [0.15, 0.2) is 0 Å². The number of benzene rings is 2. The highest BCUT2D eigenvalue weighted by Crippen LogP contribution is 2.18. The average molecular weight is 399 g/mol. The number of nitrogens with one attached hydrogen (secondary N) is 1. The molecule has 0 radical (unpaired) electrons. The van der Waals surface area contributed by atoms with E-state index in [9.17, 15) is 4.79 Å². The molecule has 0 amide bonds. The molecule has 0 spiro atoms. The predicted molar refractivity (Wildman–Crippen MR) is 99.0 cm³/mol. The Kier molecular flexibility index (Phi) is 8.31. The van der Waals surface area contributed by atoms with Crippen LogP contribution in [-0.4, -0.2) is 12.6 Å². The Morgan fingerprint density at radius 2 is 1.83 bits per heavy atom. The molecule has 2 aromatic rings. The molecular formula is C18H21BrClNO2. The highest BCUT2D eigenvalue weighted by Gasteiger charge is 2.09. The van der Waals surface area contributed by atoms with Crippen molar-refractivity contribution in [3.8, 4) is 0 Å². The molecule has 0 aliphatic heterocycles. The molecule has 1 N–H and O–H groups in total. The Morgan fingerprint density at radius 1 is 1.17 bits per heavy atom. The molecule has 0 saturated heterocycles. The number of carbonyl (C=O) groups is 1. The molecule has 124 valence electrons. The quantitative estimate of drug-likeness (QED) is 0.703. The smallest absolute Gasteiger partial charge is 0.338 e. The van der Waals surface area contributed by atoms with Crippen LogP contribution in [0.1, 0.15) is 41.4 Å². The second-order valence-electron chi connectivity index (χ2n) is 5.04. The van der Waals surface area contributed by atoms with E-state index in [4.69, 9.17) is 4.74 Å². The first-order valence-electron chi connectivity index (χ1n) is 7.35. The lowest BCUT2D eigenvalue weighted by Crippen LogP contribution is -2.18. The third-order valence-electron chi connectivity index (χ3n) is 3.48. The fourth-order valence-corrected chi connectivity index (χ4v) is 2.57. The van der Waals surface area contributed by atoms with E-state index in [0.717, 1.165) is 16.6 Å². The summed E-state index contributed by atoms with van der Waals surface area (Å²) in [5.74, 6) is -0.275. The van der Waals surface area contributed by atoms with Crippen molar-refractivity contribution >= 4 is 34.3 Å². The van der Waals surface area contributed by atoms with Gasteiger partial charge in [0, 0.05) is 17.1 Å². The van der Waals surface area contributed by atoms with Gasteiger partial charge >= 0.3 is 5.97 Å². The van der Waals surface area contributed by atoms with Crippen LogP contribution < -0.4 is 5.32 Å². The Labute approximate surface area is 152 Å². The van der Waals surface area contributed by atoms with E-state index in [2.05, 4.69) is 34.2 Å². The van der Waals surface area contributed by atoms with Gasteiger partial charge in [0.1, 0.15) is 0 Å². The average Bonchev–Trinajstić information content (AvgIpc) is 2.54. The Hall–Kier alpha value is -1.36. The Bertz CT molecular complexity index is 631. The minimum absolute atomic E-state index is 0.